The summed E-state index contributed by atoms with van der Waals surface area (Å²) in [4.78, 5) is 13.7. The predicted octanol–water partition coefficient (Wildman–Crippen LogP) is 4.91. The maximum Gasteiger partial charge on any atom is 0.417 e. The van der Waals surface area contributed by atoms with Crippen molar-refractivity contribution >= 4 is 50.2 Å². The van der Waals surface area contributed by atoms with E-state index < -0.39 is 5.76 Å². The smallest absolute Gasteiger partial charge is 0.408 e. The molecule has 0 saturated heterocycles. The van der Waals surface area contributed by atoms with Gasteiger partial charge in [-0.3, -0.25) is 4.98 Å². The van der Waals surface area contributed by atoms with Crippen LogP contribution in [0.15, 0.2) is 45.6 Å². The summed E-state index contributed by atoms with van der Waals surface area (Å²) in [6.45, 7) is 0. The van der Waals surface area contributed by atoms with E-state index in [1.54, 1.807) is 18.2 Å². The molecule has 0 spiro atoms. The molecule has 0 amide bonds. The van der Waals surface area contributed by atoms with Gasteiger partial charge in [0.15, 0.2) is 5.58 Å². The number of rotatable bonds is 2. The Kier molecular flexibility index (Phi) is 3.63. The molecule has 3 aromatic rings. The third kappa shape index (κ3) is 2.51. The van der Waals surface area contributed by atoms with Gasteiger partial charge in [0.2, 0.25) is 0 Å². The summed E-state index contributed by atoms with van der Waals surface area (Å²) in [6, 6.07) is 11.0. The molecular weight excluding hydrogens is 365 g/mol. The van der Waals surface area contributed by atoms with Crippen LogP contribution in [0.1, 0.15) is 16.0 Å². The molecule has 0 aliphatic rings. The lowest BCUT2D eigenvalue weighted by molar-refractivity contribution is 0.555. The van der Waals surface area contributed by atoms with Crippen molar-refractivity contribution in [2.45, 2.75) is 4.83 Å². The quantitative estimate of drug-likeness (QED) is 0.649. The largest absolute Gasteiger partial charge is 0.417 e. The second-order valence-corrected chi connectivity index (χ2v) is 6.04. The van der Waals surface area contributed by atoms with Gasteiger partial charge >= 0.3 is 5.76 Å². The number of oxazole rings is 1. The number of hydrogen-bond donors (Lipinski definition) is 1. The van der Waals surface area contributed by atoms with Gasteiger partial charge in [-0.15, -0.1) is 0 Å². The summed E-state index contributed by atoms with van der Waals surface area (Å²) < 4.78 is 5.06. The molecular formula is C14H8BrCl2NO2. The molecule has 1 aromatic heterocycles. The molecule has 1 heterocycles. The molecule has 0 saturated carbocycles. The number of aromatic nitrogens is 1. The third-order valence-electron chi connectivity index (χ3n) is 2.97. The fourth-order valence-electron chi connectivity index (χ4n) is 1.98. The van der Waals surface area contributed by atoms with Crippen LogP contribution in [0, 0.1) is 0 Å². The maximum atomic E-state index is 11.2. The normalized spacial score (nSPS) is 12.8. The molecule has 1 unspecified atom stereocenters. The van der Waals surface area contributed by atoms with Gasteiger partial charge in [-0.2, -0.15) is 0 Å². The first-order valence-corrected chi connectivity index (χ1v) is 7.43. The highest BCUT2D eigenvalue weighted by atomic mass is 79.9. The van der Waals surface area contributed by atoms with Crippen molar-refractivity contribution in [1.82, 2.24) is 4.98 Å². The second-order valence-electron chi connectivity index (χ2n) is 4.31. The number of halogens is 3. The van der Waals surface area contributed by atoms with Crippen LogP contribution in [0.5, 0.6) is 0 Å². The highest BCUT2D eigenvalue weighted by Crippen LogP contribution is 2.35. The summed E-state index contributed by atoms with van der Waals surface area (Å²) in [5.74, 6) is -0.460. The van der Waals surface area contributed by atoms with E-state index in [0.29, 0.717) is 21.1 Å². The van der Waals surface area contributed by atoms with E-state index in [4.69, 9.17) is 27.6 Å². The zero-order valence-corrected chi connectivity index (χ0v) is 13.1. The van der Waals surface area contributed by atoms with Crippen molar-refractivity contribution in [3.05, 3.63) is 68.1 Å². The summed E-state index contributed by atoms with van der Waals surface area (Å²) in [6.07, 6.45) is 0. The summed E-state index contributed by atoms with van der Waals surface area (Å²) in [5, 5.41) is 1.02. The van der Waals surface area contributed by atoms with Gasteiger partial charge in [0.05, 0.1) is 20.4 Å². The molecule has 0 aliphatic carbocycles. The Bertz CT molecular complexity index is 841. The minimum atomic E-state index is -0.460. The predicted molar refractivity (Wildman–Crippen MR) is 84.1 cm³/mol. The van der Waals surface area contributed by atoms with E-state index in [2.05, 4.69) is 20.9 Å². The fourth-order valence-corrected chi connectivity index (χ4v) is 2.86. The number of benzene rings is 2. The van der Waals surface area contributed by atoms with E-state index in [1.165, 1.54) is 0 Å². The molecule has 102 valence electrons. The fraction of sp³-hybridized carbons (Fsp3) is 0.0714. The second kappa shape index (κ2) is 5.28. The summed E-state index contributed by atoms with van der Waals surface area (Å²) in [5.41, 5.74) is 3.12. The molecule has 1 N–H and O–H groups in total. The molecule has 20 heavy (non-hydrogen) atoms. The maximum absolute atomic E-state index is 11.2. The van der Waals surface area contributed by atoms with Crippen LogP contribution in [0.3, 0.4) is 0 Å². The van der Waals surface area contributed by atoms with E-state index in [-0.39, 0.29) is 4.83 Å². The number of hydrogen-bond acceptors (Lipinski definition) is 2. The zero-order valence-electron chi connectivity index (χ0n) is 9.99. The van der Waals surface area contributed by atoms with E-state index >= 15 is 0 Å². The molecule has 3 rings (SSSR count). The average molecular weight is 373 g/mol. The van der Waals surface area contributed by atoms with Crippen LogP contribution in [-0.2, 0) is 0 Å². The van der Waals surface area contributed by atoms with Crippen LogP contribution in [0.2, 0.25) is 10.0 Å². The van der Waals surface area contributed by atoms with Crippen LogP contribution >= 0.6 is 39.1 Å². The van der Waals surface area contributed by atoms with Crippen LogP contribution < -0.4 is 5.76 Å². The Labute approximate surface area is 132 Å². The van der Waals surface area contributed by atoms with Crippen molar-refractivity contribution < 1.29 is 4.42 Å². The van der Waals surface area contributed by atoms with Crippen molar-refractivity contribution in [2.24, 2.45) is 0 Å². The highest BCUT2D eigenvalue weighted by Gasteiger charge is 2.13. The lowest BCUT2D eigenvalue weighted by Gasteiger charge is -2.11. The molecule has 2 aromatic carbocycles. The van der Waals surface area contributed by atoms with Crippen molar-refractivity contribution in [1.29, 1.82) is 0 Å². The number of alkyl halides is 1. The van der Waals surface area contributed by atoms with Crippen molar-refractivity contribution in [3.8, 4) is 0 Å². The van der Waals surface area contributed by atoms with Gasteiger partial charge in [0.1, 0.15) is 0 Å². The number of fused-ring (bicyclic) bond motifs is 1. The first-order valence-electron chi connectivity index (χ1n) is 5.76. The van der Waals surface area contributed by atoms with Gasteiger partial charge in [0.25, 0.3) is 0 Å². The average Bonchev–Trinajstić information content (AvgIpc) is 2.80. The Morgan fingerprint density at radius 3 is 2.50 bits per heavy atom. The topological polar surface area (TPSA) is 46.0 Å². The number of aromatic amines is 1. The molecule has 0 radical (unpaired) electrons. The van der Waals surface area contributed by atoms with Crippen LogP contribution in [-0.4, -0.2) is 4.98 Å². The zero-order chi connectivity index (χ0) is 14.3. The van der Waals surface area contributed by atoms with Crippen LogP contribution in [0.25, 0.3) is 11.1 Å². The van der Waals surface area contributed by atoms with Gasteiger partial charge in [-0.1, -0.05) is 51.3 Å². The SMILES string of the molecule is O=c1[nH]c2ccc(C(Br)c3ccc(Cl)c(Cl)c3)cc2o1. The van der Waals surface area contributed by atoms with E-state index in [1.807, 2.05) is 18.2 Å². The number of H-pyrrole nitrogens is 1. The molecule has 3 nitrogen and oxygen atoms in total. The molecule has 1 atom stereocenters. The molecule has 6 heteroatoms. The first-order chi connectivity index (χ1) is 9.54. The third-order valence-corrected chi connectivity index (χ3v) is 4.77. The van der Waals surface area contributed by atoms with Gasteiger partial charge < -0.3 is 4.42 Å². The van der Waals surface area contributed by atoms with E-state index in [0.717, 1.165) is 11.1 Å². The lowest BCUT2D eigenvalue weighted by Crippen LogP contribution is -1.93. The summed E-state index contributed by atoms with van der Waals surface area (Å²) in [7, 11) is 0. The Morgan fingerprint density at radius 1 is 1.05 bits per heavy atom. The molecule has 0 fully saturated rings. The van der Waals surface area contributed by atoms with Gasteiger partial charge in [-0.25, -0.2) is 4.79 Å². The lowest BCUT2D eigenvalue weighted by atomic mass is 10.0. The van der Waals surface area contributed by atoms with Crippen molar-refractivity contribution in [3.63, 3.8) is 0 Å². The Balaban J connectivity index is 2.04. The van der Waals surface area contributed by atoms with Crippen molar-refractivity contribution in [2.75, 3.05) is 0 Å². The monoisotopic (exact) mass is 371 g/mol. The summed E-state index contributed by atoms with van der Waals surface area (Å²) >= 11 is 15.6. The standard InChI is InChI=1S/C14H8BrCl2NO2/c15-13(7-1-3-9(16)10(17)5-7)8-2-4-11-12(6-8)20-14(19)18-11/h1-6,13H,(H,18,19). The number of nitrogens with one attached hydrogen (secondary N) is 1. The Morgan fingerprint density at radius 2 is 1.75 bits per heavy atom. The van der Waals surface area contributed by atoms with E-state index in [9.17, 15) is 4.79 Å². The van der Waals surface area contributed by atoms with Gasteiger partial charge in [-0.05, 0) is 35.4 Å². The minimum Gasteiger partial charge on any atom is -0.408 e. The minimum absolute atomic E-state index is 0.0677. The highest BCUT2D eigenvalue weighted by molar-refractivity contribution is 9.09. The van der Waals surface area contributed by atoms with Crippen LogP contribution in [0.4, 0.5) is 0 Å². The Hall–Kier alpha value is -1.23. The molecule has 0 bridgehead atoms. The molecule has 0 aliphatic heterocycles. The first kappa shape index (κ1) is 13.7. The van der Waals surface area contributed by atoms with Gasteiger partial charge in [0, 0.05) is 0 Å².